The van der Waals surface area contributed by atoms with Crippen LogP contribution in [0, 0.1) is 0 Å². The van der Waals surface area contributed by atoms with Crippen LogP contribution in [-0.4, -0.2) is 73.9 Å². The van der Waals surface area contributed by atoms with Gasteiger partial charge < -0.3 is 14.4 Å². The molecule has 0 N–H and O–H groups in total. The Morgan fingerprint density at radius 1 is 1.18 bits per heavy atom. The molecule has 2 heterocycles. The van der Waals surface area contributed by atoms with Crippen LogP contribution in [0.2, 0.25) is 0 Å². The number of morpholine rings is 1. The van der Waals surface area contributed by atoms with Crippen molar-refractivity contribution in [3.63, 3.8) is 0 Å². The van der Waals surface area contributed by atoms with Gasteiger partial charge in [-0.25, -0.2) is 0 Å². The van der Waals surface area contributed by atoms with Crippen LogP contribution in [0.5, 0.6) is 0 Å². The first-order valence-corrected chi connectivity index (χ1v) is 8.91. The normalized spacial score (nSPS) is 29.1. The van der Waals surface area contributed by atoms with Gasteiger partial charge in [-0.1, -0.05) is 12.8 Å². The Morgan fingerprint density at radius 3 is 2.59 bits per heavy atom. The molecule has 2 aliphatic heterocycles. The summed E-state index contributed by atoms with van der Waals surface area (Å²) in [4.78, 5) is 17.9. The van der Waals surface area contributed by atoms with Gasteiger partial charge in [0.25, 0.3) is 0 Å². The summed E-state index contributed by atoms with van der Waals surface area (Å²) >= 11 is 0. The summed E-state index contributed by atoms with van der Waals surface area (Å²) in [6.45, 7) is 5.04. The molecule has 2 saturated heterocycles. The first-order valence-electron chi connectivity index (χ1n) is 8.91. The van der Waals surface area contributed by atoms with Crippen LogP contribution in [0.1, 0.15) is 44.9 Å². The number of hydrogen-bond donors (Lipinski definition) is 0. The Labute approximate surface area is 133 Å². The maximum atomic E-state index is 13.3. The minimum atomic E-state index is -0.195. The molecule has 3 rings (SSSR count). The third-order valence-electron chi connectivity index (χ3n) is 5.61. The van der Waals surface area contributed by atoms with Crippen LogP contribution < -0.4 is 0 Å². The summed E-state index contributed by atoms with van der Waals surface area (Å²) in [5, 5.41) is 0. The predicted molar refractivity (Wildman–Crippen MR) is 84.8 cm³/mol. The lowest BCUT2D eigenvalue weighted by Gasteiger charge is -2.43. The number of nitrogens with zero attached hydrogens (tertiary/aromatic N) is 2. The van der Waals surface area contributed by atoms with Crippen molar-refractivity contribution in [1.29, 1.82) is 0 Å². The average Bonchev–Trinajstić information content (AvgIpc) is 3.24. The molecule has 3 fully saturated rings. The van der Waals surface area contributed by atoms with E-state index in [0.717, 1.165) is 45.4 Å². The van der Waals surface area contributed by atoms with Crippen LogP contribution in [0.15, 0.2) is 0 Å². The van der Waals surface area contributed by atoms with E-state index in [4.69, 9.17) is 9.47 Å². The molecular formula is C17H30N2O3. The number of amides is 1. The summed E-state index contributed by atoms with van der Waals surface area (Å²) in [5.74, 6) is 0.373. The molecule has 5 heteroatoms. The molecule has 22 heavy (non-hydrogen) atoms. The van der Waals surface area contributed by atoms with Crippen molar-refractivity contribution in [2.45, 2.75) is 56.6 Å². The monoisotopic (exact) mass is 310 g/mol. The number of likely N-dealkylation sites (tertiary alicyclic amines) is 1. The zero-order valence-corrected chi connectivity index (χ0v) is 13.9. The maximum Gasteiger partial charge on any atom is 0.243 e. The van der Waals surface area contributed by atoms with Crippen LogP contribution >= 0.6 is 0 Å². The fourth-order valence-electron chi connectivity index (χ4n) is 4.39. The second-order valence-corrected chi connectivity index (χ2v) is 6.96. The van der Waals surface area contributed by atoms with Gasteiger partial charge in [-0.3, -0.25) is 9.69 Å². The van der Waals surface area contributed by atoms with Gasteiger partial charge in [0.1, 0.15) is 5.54 Å². The van der Waals surface area contributed by atoms with Gasteiger partial charge in [-0.2, -0.15) is 0 Å². The van der Waals surface area contributed by atoms with Crippen molar-refractivity contribution in [2.24, 2.45) is 0 Å². The molecule has 0 radical (unpaired) electrons. The van der Waals surface area contributed by atoms with Crippen molar-refractivity contribution < 1.29 is 14.3 Å². The van der Waals surface area contributed by atoms with E-state index in [2.05, 4.69) is 9.80 Å². The molecule has 1 saturated carbocycles. The number of methoxy groups -OCH3 is 1. The van der Waals surface area contributed by atoms with E-state index in [1.54, 1.807) is 7.11 Å². The zero-order valence-electron chi connectivity index (χ0n) is 13.9. The minimum Gasteiger partial charge on any atom is -0.385 e. The molecule has 5 nitrogen and oxygen atoms in total. The number of rotatable bonds is 5. The number of carbonyl (C=O) groups excluding carboxylic acids is 1. The molecule has 1 aliphatic carbocycles. The van der Waals surface area contributed by atoms with Gasteiger partial charge in [-0.05, 0) is 45.2 Å². The molecule has 3 aliphatic rings. The first-order chi connectivity index (χ1) is 10.8. The second-order valence-electron chi connectivity index (χ2n) is 6.96. The molecule has 1 amide bonds. The molecule has 0 spiro atoms. The standard InChI is InChI=1S/C17H30N2O3/c1-21-12-6-15-14-18(11-13-22-15)16(20)17(7-2-3-8-17)19-9-4-5-10-19/h15H,2-14H2,1H3. The van der Waals surface area contributed by atoms with Gasteiger partial charge in [0.2, 0.25) is 5.91 Å². The summed E-state index contributed by atoms with van der Waals surface area (Å²) in [5.41, 5.74) is -0.195. The lowest BCUT2D eigenvalue weighted by atomic mass is 9.92. The fraction of sp³-hybridized carbons (Fsp3) is 0.941. The van der Waals surface area contributed by atoms with Crippen LogP contribution in [0.25, 0.3) is 0 Å². The predicted octanol–water partition coefficient (Wildman–Crippen LogP) is 1.66. The lowest BCUT2D eigenvalue weighted by molar-refractivity contribution is -0.152. The highest BCUT2D eigenvalue weighted by Gasteiger charge is 2.49. The fourth-order valence-corrected chi connectivity index (χ4v) is 4.39. The van der Waals surface area contributed by atoms with Crippen molar-refractivity contribution >= 4 is 5.91 Å². The Balaban J connectivity index is 1.67. The topological polar surface area (TPSA) is 42.0 Å². The van der Waals surface area contributed by atoms with Gasteiger partial charge in [0.15, 0.2) is 0 Å². The lowest BCUT2D eigenvalue weighted by Crippen LogP contribution is -2.60. The quantitative estimate of drug-likeness (QED) is 0.774. The molecule has 0 aromatic heterocycles. The highest BCUT2D eigenvalue weighted by molar-refractivity contribution is 5.87. The van der Waals surface area contributed by atoms with Gasteiger partial charge in [0.05, 0.1) is 12.7 Å². The second kappa shape index (κ2) is 7.28. The summed E-state index contributed by atoms with van der Waals surface area (Å²) in [6.07, 6.45) is 7.98. The molecule has 0 bridgehead atoms. The van der Waals surface area contributed by atoms with Gasteiger partial charge in [0, 0.05) is 26.8 Å². The third kappa shape index (κ3) is 3.17. The van der Waals surface area contributed by atoms with Crippen LogP contribution in [0.3, 0.4) is 0 Å². The smallest absolute Gasteiger partial charge is 0.243 e. The number of ether oxygens (including phenoxy) is 2. The molecule has 1 atom stereocenters. The molecule has 1 unspecified atom stereocenters. The summed E-state index contributed by atoms with van der Waals surface area (Å²) in [7, 11) is 1.71. The molecular weight excluding hydrogens is 280 g/mol. The van der Waals surface area contributed by atoms with E-state index in [1.807, 2.05) is 0 Å². The van der Waals surface area contributed by atoms with Crippen molar-refractivity contribution in [3.8, 4) is 0 Å². The SMILES string of the molecule is COCCC1CN(C(=O)C2(N3CCCC3)CCCC2)CCO1. The van der Waals surface area contributed by atoms with E-state index in [9.17, 15) is 4.79 Å². The van der Waals surface area contributed by atoms with Gasteiger partial charge in [-0.15, -0.1) is 0 Å². The largest absolute Gasteiger partial charge is 0.385 e. The summed E-state index contributed by atoms with van der Waals surface area (Å²) in [6, 6.07) is 0. The highest BCUT2D eigenvalue weighted by Crippen LogP contribution is 2.39. The van der Waals surface area contributed by atoms with Crippen molar-refractivity contribution in [3.05, 3.63) is 0 Å². The maximum absolute atomic E-state index is 13.3. The van der Waals surface area contributed by atoms with Crippen LogP contribution in [0.4, 0.5) is 0 Å². The molecule has 0 aromatic rings. The third-order valence-corrected chi connectivity index (χ3v) is 5.61. The zero-order chi connectivity index (χ0) is 15.4. The Kier molecular flexibility index (Phi) is 5.37. The minimum absolute atomic E-state index is 0.134. The van der Waals surface area contributed by atoms with E-state index >= 15 is 0 Å². The van der Waals surface area contributed by atoms with Crippen molar-refractivity contribution in [1.82, 2.24) is 9.80 Å². The van der Waals surface area contributed by atoms with E-state index in [0.29, 0.717) is 19.1 Å². The number of carbonyl (C=O) groups is 1. The van der Waals surface area contributed by atoms with E-state index in [-0.39, 0.29) is 11.6 Å². The van der Waals surface area contributed by atoms with Gasteiger partial charge >= 0.3 is 0 Å². The van der Waals surface area contributed by atoms with Crippen LogP contribution in [-0.2, 0) is 14.3 Å². The number of hydrogen-bond acceptors (Lipinski definition) is 4. The molecule has 126 valence electrons. The Morgan fingerprint density at radius 2 is 1.91 bits per heavy atom. The Bertz CT molecular complexity index is 376. The molecule has 0 aromatic carbocycles. The van der Waals surface area contributed by atoms with Crippen molar-refractivity contribution in [2.75, 3.05) is 46.5 Å². The average molecular weight is 310 g/mol. The highest BCUT2D eigenvalue weighted by atomic mass is 16.5. The first kappa shape index (κ1) is 16.2. The Hall–Kier alpha value is -0.650. The summed E-state index contributed by atoms with van der Waals surface area (Å²) < 4.78 is 10.9. The van der Waals surface area contributed by atoms with E-state index < -0.39 is 0 Å². The van der Waals surface area contributed by atoms with E-state index in [1.165, 1.54) is 25.7 Å².